The number of halogens is 1. The molecule has 0 fully saturated rings. The van der Waals surface area contributed by atoms with Crippen LogP contribution in [-0.2, 0) is 4.79 Å². The van der Waals surface area contributed by atoms with Gasteiger partial charge in [0.05, 0.1) is 5.69 Å². The molecule has 1 heterocycles. The van der Waals surface area contributed by atoms with Crippen LogP contribution < -0.4 is 5.32 Å². The van der Waals surface area contributed by atoms with E-state index in [0.29, 0.717) is 12.8 Å². The van der Waals surface area contributed by atoms with Crippen molar-refractivity contribution < 1.29 is 14.3 Å². The Morgan fingerprint density at radius 1 is 1.62 bits per heavy atom. The van der Waals surface area contributed by atoms with Crippen molar-refractivity contribution in [1.82, 2.24) is 9.97 Å². The molecule has 0 aliphatic heterocycles. The number of carboxylic acids is 1. The van der Waals surface area contributed by atoms with E-state index in [2.05, 4.69) is 15.3 Å². The summed E-state index contributed by atoms with van der Waals surface area (Å²) in [6.45, 7) is 3.36. The summed E-state index contributed by atoms with van der Waals surface area (Å²) in [6.07, 6.45) is 2.30. The summed E-state index contributed by atoms with van der Waals surface area (Å²) in [5.74, 6) is -1.68. The summed E-state index contributed by atoms with van der Waals surface area (Å²) in [4.78, 5) is 18.2. The highest BCUT2D eigenvalue weighted by atomic mass is 19.1. The number of carboxylic acid groups (broad SMARTS) is 1. The van der Waals surface area contributed by atoms with Crippen molar-refractivity contribution in [1.29, 1.82) is 0 Å². The van der Waals surface area contributed by atoms with Gasteiger partial charge in [-0.15, -0.1) is 0 Å². The van der Waals surface area contributed by atoms with E-state index in [9.17, 15) is 9.18 Å². The highest BCUT2D eigenvalue weighted by Gasteiger charge is 2.19. The molecule has 1 aromatic heterocycles. The third-order valence-corrected chi connectivity index (χ3v) is 2.15. The average Bonchev–Trinajstić information content (AvgIpc) is 2.23. The summed E-state index contributed by atoms with van der Waals surface area (Å²) in [7, 11) is 0. The molecule has 0 saturated heterocycles. The number of hydrogen-bond donors (Lipinski definition) is 2. The Morgan fingerprint density at radius 2 is 2.31 bits per heavy atom. The van der Waals surface area contributed by atoms with Gasteiger partial charge in [0.2, 0.25) is 0 Å². The van der Waals surface area contributed by atoms with Gasteiger partial charge in [0, 0.05) is 0 Å². The van der Waals surface area contributed by atoms with Gasteiger partial charge in [-0.1, -0.05) is 13.3 Å². The van der Waals surface area contributed by atoms with Crippen LogP contribution >= 0.6 is 0 Å². The molecule has 6 heteroatoms. The van der Waals surface area contributed by atoms with Crippen molar-refractivity contribution in [3.63, 3.8) is 0 Å². The zero-order chi connectivity index (χ0) is 12.1. The van der Waals surface area contributed by atoms with E-state index in [4.69, 9.17) is 5.11 Å². The monoisotopic (exact) mass is 227 g/mol. The molecule has 2 N–H and O–H groups in total. The highest BCUT2D eigenvalue weighted by molar-refractivity contribution is 5.76. The Labute approximate surface area is 92.7 Å². The van der Waals surface area contributed by atoms with Crippen LogP contribution in [0.1, 0.15) is 25.5 Å². The lowest BCUT2D eigenvalue weighted by Gasteiger charge is -2.14. The van der Waals surface area contributed by atoms with E-state index >= 15 is 0 Å². The zero-order valence-corrected chi connectivity index (χ0v) is 9.20. The van der Waals surface area contributed by atoms with Gasteiger partial charge < -0.3 is 10.4 Å². The van der Waals surface area contributed by atoms with Crippen LogP contribution in [0.25, 0.3) is 0 Å². The standard InChI is InChI=1S/C10H14FN3O2/c1-3-4-7(10(15)16)14-9-8(11)6(2)12-5-13-9/h5,7H,3-4H2,1-2H3,(H,15,16)(H,12,13,14). The maximum atomic E-state index is 13.5. The minimum atomic E-state index is -1.02. The largest absolute Gasteiger partial charge is 0.480 e. The van der Waals surface area contributed by atoms with Gasteiger partial charge in [0.1, 0.15) is 12.4 Å². The van der Waals surface area contributed by atoms with E-state index in [0.717, 1.165) is 0 Å². The maximum absolute atomic E-state index is 13.5. The molecule has 0 aromatic carbocycles. The molecule has 1 unspecified atom stereocenters. The lowest BCUT2D eigenvalue weighted by Crippen LogP contribution is -2.30. The molecule has 1 rings (SSSR count). The van der Waals surface area contributed by atoms with E-state index in [-0.39, 0.29) is 11.5 Å². The number of anilines is 1. The number of nitrogens with one attached hydrogen (secondary N) is 1. The Hall–Kier alpha value is -1.72. The lowest BCUT2D eigenvalue weighted by molar-refractivity contribution is -0.138. The van der Waals surface area contributed by atoms with Gasteiger partial charge in [-0.05, 0) is 13.3 Å². The molecule has 0 aliphatic carbocycles. The zero-order valence-electron chi connectivity index (χ0n) is 9.20. The SMILES string of the molecule is CCCC(Nc1ncnc(C)c1F)C(=O)O. The van der Waals surface area contributed by atoms with Gasteiger partial charge >= 0.3 is 5.97 Å². The Kier molecular flexibility index (Phi) is 4.16. The fourth-order valence-corrected chi connectivity index (χ4v) is 1.27. The number of rotatable bonds is 5. The minimum absolute atomic E-state index is 0.0617. The van der Waals surface area contributed by atoms with Crippen molar-refractivity contribution in [3.8, 4) is 0 Å². The van der Waals surface area contributed by atoms with E-state index in [1.807, 2.05) is 6.92 Å². The third-order valence-electron chi connectivity index (χ3n) is 2.15. The first-order chi connectivity index (χ1) is 7.56. The van der Waals surface area contributed by atoms with Crippen molar-refractivity contribution in [2.75, 3.05) is 5.32 Å². The molecular weight excluding hydrogens is 213 g/mol. The molecule has 0 radical (unpaired) electrons. The van der Waals surface area contributed by atoms with Crippen molar-refractivity contribution in [2.45, 2.75) is 32.7 Å². The maximum Gasteiger partial charge on any atom is 0.326 e. The number of nitrogens with zero attached hydrogens (tertiary/aromatic N) is 2. The van der Waals surface area contributed by atoms with Crippen LogP contribution in [0.5, 0.6) is 0 Å². The average molecular weight is 227 g/mol. The summed E-state index contributed by atoms with van der Waals surface area (Å²) in [5.41, 5.74) is 0.193. The minimum Gasteiger partial charge on any atom is -0.480 e. The van der Waals surface area contributed by atoms with E-state index in [1.54, 1.807) is 0 Å². The highest BCUT2D eigenvalue weighted by Crippen LogP contribution is 2.14. The number of hydrogen-bond acceptors (Lipinski definition) is 4. The molecule has 0 amide bonds. The summed E-state index contributed by atoms with van der Waals surface area (Å²) >= 11 is 0. The van der Waals surface area contributed by atoms with E-state index in [1.165, 1.54) is 13.3 Å². The topological polar surface area (TPSA) is 75.1 Å². The first-order valence-electron chi connectivity index (χ1n) is 5.02. The van der Waals surface area contributed by atoms with Crippen molar-refractivity contribution in [3.05, 3.63) is 17.8 Å². The van der Waals surface area contributed by atoms with Gasteiger partial charge in [0.25, 0.3) is 0 Å². The molecule has 0 spiro atoms. The summed E-state index contributed by atoms with van der Waals surface area (Å²) < 4.78 is 13.5. The molecule has 1 aromatic rings. The number of aryl methyl sites for hydroxylation is 1. The normalized spacial score (nSPS) is 12.2. The predicted octanol–water partition coefficient (Wildman–Crippen LogP) is 1.59. The first kappa shape index (κ1) is 12.4. The van der Waals surface area contributed by atoms with E-state index < -0.39 is 17.8 Å². The number of aliphatic carboxylic acids is 1. The molecule has 5 nitrogen and oxygen atoms in total. The van der Waals surface area contributed by atoms with Crippen molar-refractivity contribution in [2.24, 2.45) is 0 Å². The van der Waals surface area contributed by atoms with Gasteiger partial charge in [-0.2, -0.15) is 0 Å². The van der Waals surface area contributed by atoms with Crippen LogP contribution in [0.4, 0.5) is 10.2 Å². The number of aromatic nitrogens is 2. The molecule has 1 atom stereocenters. The van der Waals surface area contributed by atoms with Crippen LogP contribution in [0, 0.1) is 12.7 Å². The smallest absolute Gasteiger partial charge is 0.326 e. The lowest BCUT2D eigenvalue weighted by atomic mass is 10.1. The predicted molar refractivity (Wildman–Crippen MR) is 56.7 cm³/mol. The van der Waals surface area contributed by atoms with Gasteiger partial charge in [-0.3, -0.25) is 0 Å². The molecule has 88 valence electrons. The molecular formula is C10H14FN3O2. The second kappa shape index (κ2) is 5.39. The fraction of sp³-hybridized carbons (Fsp3) is 0.500. The van der Waals surface area contributed by atoms with Crippen LogP contribution in [-0.4, -0.2) is 27.1 Å². The Balaban J connectivity index is 2.85. The Bertz CT molecular complexity index is 384. The van der Waals surface area contributed by atoms with Crippen molar-refractivity contribution >= 4 is 11.8 Å². The Morgan fingerprint density at radius 3 is 2.88 bits per heavy atom. The summed E-state index contributed by atoms with van der Waals surface area (Å²) in [5, 5.41) is 11.5. The number of carbonyl (C=O) groups is 1. The van der Waals surface area contributed by atoms with Crippen LogP contribution in [0.2, 0.25) is 0 Å². The molecule has 0 saturated carbocycles. The molecule has 0 bridgehead atoms. The third kappa shape index (κ3) is 2.88. The quantitative estimate of drug-likeness (QED) is 0.798. The fourth-order valence-electron chi connectivity index (χ4n) is 1.27. The van der Waals surface area contributed by atoms with Gasteiger partial charge in [-0.25, -0.2) is 19.2 Å². The second-order valence-electron chi connectivity index (χ2n) is 3.45. The molecule has 0 aliphatic rings. The van der Waals surface area contributed by atoms with Crippen LogP contribution in [0.15, 0.2) is 6.33 Å². The van der Waals surface area contributed by atoms with Crippen LogP contribution in [0.3, 0.4) is 0 Å². The first-order valence-corrected chi connectivity index (χ1v) is 5.02. The molecule has 16 heavy (non-hydrogen) atoms. The summed E-state index contributed by atoms with van der Waals surface area (Å²) in [6, 6.07) is -0.825. The van der Waals surface area contributed by atoms with Gasteiger partial charge in [0.15, 0.2) is 11.6 Å². The second-order valence-corrected chi connectivity index (χ2v) is 3.45.